The molecule has 0 aromatic heterocycles. The third kappa shape index (κ3) is 3.14. The van der Waals surface area contributed by atoms with Gasteiger partial charge in [-0.15, -0.1) is 10.2 Å². The predicted octanol–water partition coefficient (Wildman–Crippen LogP) is 0.532. The van der Waals surface area contributed by atoms with Crippen LogP contribution in [0.2, 0.25) is 0 Å². The smallest absolute Gasteiger partial charge is 0.264 e. The molecular formula is C4H6N2O2. The van der Waals surface area contributed by atoms with Crippen LogP contribution < -0.4 is 0 Å². The summed E-state index contributed by atoms with van der Waals surface area (Å²) in [7, 11) is 0. The average molecular weight is 114 g/mol. The minimum absolute atomic E-state index is 0.230. The van der Waals surface area contributed by atoms with Crippen LogP contribution in [0.15, 0.2) is 10.2 Å². The summed E-state index contributed by atoms with van der Waals surface area (Å²) in [5, 5.41) is 5.82. The second-order valence-corrected chi connectivity index (χ2v) is 1.07. The van der Waals surface area contributed by atoms with Crippen LogP contribution in [-0.4, -0.2) is 12.3 Å². The van der Waals surface area contributed by atoms with E-state index in [4.69, 9.17) is 0 Å². The Kier molecular flexibility index (Phi) is 3.56. The highest BCUT2D eigenvalue weighted by molar-refractivity contribution is 5.76. The van der Waals surface area contributed by atoms with Crippen LogP contribution in [0.3, 0.4) is 0 Å². The van der Waals surface area contributed by atoms with E-state index < -0.39 is 0 Å². The maximum Gasteiger partial charge on any atom is 0.264 e. The van der Waals surface area contributed by atoms with Gasteiger partial charge in [0.1, 0.15) is 0 Å². The van der Waals surface area contributed by atoms with E-state index in [-0.39, 0.29) is 18.7 Å². The van der Waals surface area contributed by atoms with Gasteiger partial charge in [-0.1, -0.05) is 6.92 Å². The largest absolute Gasteiger partial charge is 0.275 e. The lowest BCUT2D eigenvalue weighted by Crippen LogP contribution is -1.85. The van der Waals surface area contributed by atoms with Crippen molar-refractivity contribution in [2.45, 2.75) is 13.3 Å². The van der Waals surface area contributed by atoms with E-state index in [1.165, 1.54) is 0 Å². The maximum absolute atomic E-state index is 10.2. The Labute approximate surface area is 46.6 Å². The van der Waals surface area contributed by atoms with Crippen LogP contribution in [0.25, 0.3) is 0 Å². The Morgan fingerprint density at radius 2 is 2.38 bits per heavy atom. The summed E-state index contributed by atoms with van der Waals surface area (Å²) < 4.78 is 0. The zero-order valence-corrected chi connectivity index (χ0v) is 4.50. The van der Waals surface area contributed by atoms with Gasteiger partial charge < -0.3 is 0 Å². The van der Waals surface area contributed by atoms with Gasteiger partial charge in [-0.3, -0.25) is 9.59 Å². The van der Waals surface area contributed by atoms with Crippen molar-refractivity contribution in [1.29, 1.82) is 0 Å². The van der Waals surface area contributed by atoms with Crippen LogP contribution in [0.5, 0.6) is 0 Å². The molecule has 0 radical (unpaired) electrons. The molecule has 0 aliphatic heterocycles. The summed E-state index contributed by atoms with van der Waals surface area (Å²) in [6.45, 7) is 1.64. The third-order valence-corrected chi connectivity index (χ3v) is 0.519. The Morgan fingerprint density at radius 1 is 1.75 bits per heavy atom. The van der Waals surface area contributed by atoms with Crippen LogP contribution in [0.1, 0.15) is 13.3 Å². The minimum atomic E-state index is -0.378. The Balaban J connectivity index is 3.52. The molecule has 0 spiro atoms. The molecule has 0 aliphatic carbocycles. The number of nitrogens with zero attached hydrogens (tertiary/aromatic N) is 2. The monoisotopic (exact) mass is 114 g/mol. The molecule has 0 fully saturated rings. The van der Waals surface area contributed by atoms with Gasteiger partial charge in [0.2, 0.25) is 0 Å². The highest BCUT2D eigenvalue weighted by Gasteiger charge is 1.88. The molecule has 0 saturated carbocycles. The van der Waals surface area contributed by atoms with E-state index in [0.717, 1.165) is 0 Å². The van der Waals surface area contributed by atoms with Crippen LogP contribution >= 0.6 is 0 Å². The van der Waals surface area contributed by atoms with Crippen LogP contribution in [0, 0.1) is 0 Å². The molecule has 0 aliphatic rings. The van der Waals surface area contributed by atoms with Crippen molar-refractivity contribution in [2.75, 3.05) is 0 Å². The first-order chi connectivity index (χ1) is 3.81. The van der Waals surface area contributed by atoms with Crippen molar-refractivity contribution < 1.29 is 9.59 Å². The van der Waals surface area contributed by atoms with Crippen molar-refractivity contribution in [2.24, 2.45) is 10.2 Å². The van der Waals surface area contributed by atoms with Gasteiger partial charge in [-0.25, -0.2) is 0 Å². The van der Waals surface area contributed by atoms with Crippen LogP contribution in [0.4, 0.5) is 0 Å². The van der Waals surface area contributed by atoms with Crippen molar-refractivity contribution in [3.63, 3.8) is 0 Å². The molecule has 0 aromatic carbocycles. The summed E-state index contributed by atoms with van der Waals surface area (Å²) >= 11 is 0. The fourth-order valence-electron chi connectivity index (χ4n) is 0.159. The summed E-state index contributed by atoms with van der Waals surface area (Å²) in [6.07, 6.45) is 0.519. The summed E-state index contributed by atoms with van der Waals surface area (Å²) in [5.74, 6) is -0.378. The van der Waals surface area contributed by atoms with Gasteiger partial charge in [0, 0.05) is 6.42 Å². The molecule has 0 heterocycles. The number of hydrogen-bond donors (Lipinski definition) is 0. The molecule has 4 heteroatoms. The molecule has 0 bridgehead atoms. The Hall–Kier alpha value is -1.06. The highest BCUT2D eigenvalue weighted by Crippen LogP contribution is 1.80. The van der Waals surface area contributed by atoms with E-state index in [1.54, 1.807) is 6.92 Å². The van der Waals surface area contributed by atoms with Gasteiger partial charge in [0.05, 0.1) is 0 Å². The van der Waals surface area contributed by atoms with E-state index in [2.05, 4.69) is 10.2 Å². The number of amides is 2. The molecule has 44 valence electrons. The van der Waals surface area contributed by atoms with Crippen LogP contribution in [-0.2, 0) is 9.59 Å². The zero-order valence-electron chi connectivity index (χ0n) is 4.50. The quantitative estimate of drug-likeness (QED) is 0.388. The standard InChI is InChI=1S/C4H6N2O2/c1-2-4(8)6-5-3-7/h3H,2H2,1H3. The normalized spacial score (nSPS) is 9.62. The number of carbonyl (C=O) groups excluding carboxylic acids is 2. The average Bonchev–Trinajstić information content (AvgIpc) is 1.83. The van der Waals surface area contributed by atoms with E-state index in [9.17, 15) is 9.59 Å². The topological polar surface area (TPSA) is 58.9 Å². The van der Waals surface area contributed by atoms with Gasteiger partial charge >= 0.3 is 0 Å². The first kappa shape index (κ1) is 6.94. The molecule has 0 atom stereocenters. The van der Waals surface area contributed by atoms with Gasteiger partial charge in [-0.2, -0.15) is 0 Å². The molecule has 4 nitrogen and oxygen atoms in total. The molecule has 2 amide bonds. The Morgan fingerprint density at radius 3 is 2.75 bits per heavy atom. The lowest BCUT2D eigenvalue weighted by molar-refractivity contribution is -0.119. The summed E-state index contributed by atoms with van der Waals surface area (Å²) in [5.41, 5.74) is 0. The van der Waals surface area contributed by atoms with E-state index in [0.29, 0.717) is 0 Å². The molecule has 0 unspecified atom stereocenters. The lowest BCUT2D eigenvalue weighted by Gasteiger charge is -1.76. The second kappa shape index (κ2) is 4.11. The van der Waals surface area contributed by atoms with Gasteiger partial charge in [0.25, 0.3) is 12.3 Å². The van der Waals surface area contributed by atoms with Crippen molar-refractivity contribution in [1.82, 2.24) is 0 Å². The van der Waals surface area contributed by atoms with Gasteiger partial charge in [0.15, 0.2) is 0 Å². The van der Waals surface area contributed by atoms with E-state index in [1.807, 2.05) is 0 Å². The van der Waals surface area contributed by atoms with Crippen molar-refractivity contribution >= 4 is 12.3 Å². The fraction of sp³-hybridized carbons (Fsp3) is 0.500. The van der Waals surface area contributed by atoms with Gasteiger partial charge in [-0.05, 0) is 0 Å². The first-order valence-corrected chi connectivity index (χ1v) is 2.18. The second-order valence-electron chi connectivity index (χ2n) is 1.07. The number of carbonyl (C=O) groups is 2. The molecule has 0 aromatic rings. The van der Waals surface area contributed by atoms with Crippen molar-refractivity contribution in [3.05, 3.63) is 0 Å². The summed E-state index contributed by atoms with van der Waals surface area (Å²) in [4.78, 5) is 19.6. The number of rotatable bonds is 2. The molecule has 0 saturated heterocycles. The number of hydrogen-bond acceptors (Lipinski definition) is 2. The maximum atomic E-state index is 10.2. The lowest BCUT2D eigenvalue weighted by atomic mass is 10.5. The van der Waals surface area contributed by atoms with Crippen molar-refractivity contribution in [3.8, 4) is 0 Å². The summed E-state index contributed by atoms with van der Waals surface area (Å²) in [6, 6.07) is 0. The highest BCUT2D eigenvalue weighted by atomic mass is 16.2. The number of azo groups is 1. The predicted molar refractivity (Wildman–Crippen MR) is 26.2 cm³/mol. The zero-order chi connectivity index (χ0) is 6.41. The SMILES string of the molecule is CCC(=O)N=NC=O. The molecule has 0 rings (SSSR count). The third-order valence-electron chi connectivity index (χ3n) is 0.519. The minimum Gasteiger partial charge on any atom is -0.275 e. The Bertz CT molecular complexity index is 119. The fourth-order valence-corrected chi connectivity index (χ4v) is 0.159. The van der Waals surface area contributed by atoms with E-state index >= 15 is 0 Å². The molecular weight excluding hydrogens is 108 g/mol. The molecule has 8 heavy (non-hydrogen) atoms. The first-order valence-electron chi connectivity index (χ1n) is 2.18. The molecule has 0 N–H and O–H groups in total.